The van der Waals surface area contributed by atoms with Crippen LogP contribution in [0.5, 0.6) is 0 Å². The third-order valence-electron chi connectivity index (χ3n) is 2.94. The Hall–Kier alpha value is -0.390. The molecule has 0 radical (unpaired) electrons. The molecule has 1 saturated heterocycles. The molecule has 3 nitrogen and oxygen atoms in total. The number of carbonyl (C=O) groups excluding carboxylic acids is 1. The first-order chi connectivity index (χ1) is 8.66. The van der Waals surface area contributed by atoms with Gasteiger partial charge in [0.15, 0.2) is 0 Å². The third kappa shape index (κ3) is 3.80. The standard InChI is InChI=1S/C13H15Br2NO2/c14-9-4-5-11(12(15)7-9)13(17)16-8-10-3-1-2-6-18-10/h4-5,7,10H,1-3,6,8H2,(H,16,17). The molecule has 18 heavy (non-hydrogen) atoms. The van der Waals surface area contributed by atoms with Gasteiger partial charge in [-0.05, 0) is 53.4 Å². The molecule has 1 atom stereocenters. The molecule has 98 valence electrons. The zero-order valence-corrected chi connectivity index (χ0v) is 13.1. The summed E-state index contributed by atoms with van der Waals surface area (Å²) in [6.45, 7) is 1.39. The number of ether oxygens (including phenoxy) is 1. The van der Waals surface area contributed by atoms with Crippen LogP contribution in [0.3, 0.4) is 0 Å². The number of hydrogen-bond donors (Lipinski definition) is 1. The molecule has 5 heteroatoms. The Bertz CT molecular complexity index is 431. The van der Waals surface area contributed by atoms with E-state index in [9.17, 15) is 4.79 Å². The maximum Gasteiger partial charge on any atom is 0.252 e. The van der Waals surface area contributed by atoms with Crippen LogP contribution < -0.4 is 5.32 Å². The highest BCUT2D eigenvalue weighted by atomic mass is 79.9. The summed E-state index contributed by atoms with van der Waals surface area (Å²) in [5.41, 5.74) is 0.647. The summed E-state index contributed by atoms with van der Waals surface area (Å²) in [4.78, 5) is 12.0. The molecule has 0 aromatic heterocycles. The lowest BCUT2D eigenvalue weighted by Gasteiger charge is -2.22. The van der Waals surface area contributed by atoms with E-state index in [1.54, 1.807) is 6.07 Å². The minimum Gasteiger partial charge on any atom is -0.376 e. The Labute approximate surface area is 124 Å². The van der Waals surface area contributed by atoms with Crippen molar-refractivity contribution in [3.63, 3.8) is 0 Å². The van der Waals surface area contributed by atoms with E-state index in [-0.39, 0.29) is 12.0 Å². The van der Waals surface area contributed by atoms with E-state index in [4.69, 9.17) is 4.74 Å². The Morgan fingerprint density at radius 3 is 2.89 bits per heavy atom. The fraction of sp³-hybridized carbons (Fsp3) is 0.462. The summed E-state index contributed by atoms with van der Waals surface area (Å²) in [6.07, 6.45) is 3.50. The van der Waals surface area contributed by atoms with Crippen LogP contribution in [-0.2, 0) is 4.74 Å². The fourth-order valence-electron chi connectivity index (χ4n) is 1.94. The lowest BCUT2D eigenvalue weighted by molar-refractivity contribution is 0.0169. The van der Waals surface area contributed by atoms with E-state index >= 15 is 0 Å². The molecule has 1 aliphatic heterocycles. The van der Waals surface area contributed by atoms with Crippen molar-refractivity contribution in [2.75, 3.05) is 13.2 Å². The second kappa shape index (κ2) is 6.68. The van der Waals surface area contributed by atoms with Crippen molar-refractivity contribution < 1.29 is 9.53 Å². The average Bonchev–Trinajstić information content (AvgIpc) is 2.37. The number of benzene rings is 1. The maximum atomic E-state index is 12.0. The number of nitrogens with one attached hydrogen (secondary N) is 1. The number of carbonyl (C=O) groups is 1. The fourth-order valence-corrected chi connectivity index (χ4v) is 3.17. The van der Waals surface area contributed by atoms with Crippen molar-refractivity contribution in [3.8, 4) is 0 Å². The van der Waals surface area contributed by atoms with Gasteiger partial charge in [-0.25, -0.2) is 0 Å². The summed E-state index contributed by atoms with van der Waals surface area (Å²) in [7, 11) is 0. The maximum absolute atomic E-state index is 12.0. The zero-order chi connectivity index (χ0) is 13.0. The molecule has 1 fully saturated rings. The summed E-state index contributed by atoms with van der Waals surface area (Å²) >= 11 is 6.76. The largest absolute Gasteiger partial charge is 0.376 e. The van der Waals surface area contributed by atoms with Crippen LogP contribution in [0.25, 0.3) is 0 Å². The number of hydrogen-bond acceptors (Lipinski definition) is 2. The van der Waals surface area contributed by atoms with E-state index in [1.165, 1.54) is 6.42 Å². The van der Waals surface area contributed by atoms with Gasteiger partial charge in [0.1, 0.15) is 0 Å². The van der Waals surface area contributed by atoms with Gasteiger partial charge in [0.05, 0.1) is 11.7 Å². The van der Waals surface area contributed by atoms with Gasteiger partial charge in [-0.1, -0.05) is 15.9 Å². The number of rotatable bonds is 3. The van der Waals surface area contributed by atoms with Crippen LogP contribution in [0.15, 0.2) is 27.1 Å². The Morgan fingerprint density at radius 2 is 2.22 bits per heavy atom. The molecule has 0 bridgehead atoms. The molecule has 0 aliphatic carbocycles. The molecule has 1 heterocycles. The van der Waals surface area contributed by atoms with Crippen molar-refractivity contribution in [1.29, 1.82) is 0 Å². The molecule has 2 rings (SSSR count). The summed E-state index contributed by atoms with van der Waals surface area (Å²) < 4.78 is 7.32. The predicted molar refractivity (Wildman–Crippen MR) is 77.8 cm³/mol. The second-order valence-electron chi connectivity index (χ2n) is 4.32. The van der Waals surface area contributed by atoms with E-state index < -0.39 is 0 Å². The minimum absolute atomic E-state index is 0.0662. The van der Waals surface area contributed by atoms with Gasteiger partial charge in [-0.3, -0.25) is 4.79 Å². The van der Waals surface area contributed by atoms with Crippen molar-refractivity contribution in [1.82, 2.24) is 5.32 Å². The van der Waals surface area contributed by atoms with Gasteiger partial charge in [-0.2, -0.15) is 0 Å². The van der Waals surface area contributed by atoms with Crippen molar-refractivity contribution >= 4 is 37.8 Å². The summed E-state index contributed by atoms with van der Waals surface area (Å²) in [5, 5.41) is 2.92. The molecule has 1 N–H and O–H groups in total. The van der Waals surface area contributed by atoms with Gasteiger partial charge in [0.2, 0.25) is 0 Å². The number of halogens is 2. The SMILES string of the molecule is O=C(NCC1CCCCO1)c1ccc(Br)cc1Br. The van der Waals surface area contributed by atoms with Gasteiger partial charge in [-0.15, -0.1) is 0 Å². The van der Waals surface area contributed by atoms with E-state index in [0.29, 0.717) is 12.1 Å². The first kappa shape index (κ1) is 14.0. The predicted octanol–water partition coefficient (Wildman–Crippen LogP) is 3.51. The molecule has 0 saturated carbocycles. The van der Waals surface area contributed by atoms with Gasteiger partial charge in [0.25, 0.3) is 5.91 Å². The van der Waals surface area contributed by atoms with Crippen LogP contribution >= 0.6 is 31.9 Å². The molecule has 1 aromatic rings. The first-order valence-electron chi connectivity index (χ1n) is 6.01. The quantitative estimate of drug-likeness (QED) is 0.876. The number of amides is 1. The Kier molecular flexibility index (Phi) is 5.21. The smallest absolute Gasteiger partial charge is 0.252 e. The zero-order valence-electron chi connectivity index (χ0n) is 9.92. The Balaban J connectivity index is 1.90. The van der Waals surface area contributed by atoms with Crippen molar-refractivity contribution in [2.24, 2.45) is 0 Å². The highest BCUT2D eigenvalue weighted by Crippen LogP contribution is 2.22. The topological polar surface area (TPSA) is 38.3 Å². The molecule has 1 aromatic carbocycles. The van der Waals surface area contributed by atoms with Crippen molar-refractivity contribution in [2.45, 2.75) is 25.4 Å². The highest BCUT2D eigenvalue weighted by Gasteiger charge is 2.16. The van der Waals surface area contributed by atoms with E-state index in [2.05, 4.69) is 37.2 Å². The van der Waals surface area contributed by atoms with Crippen LogP contribution in [-0.4, -0.2) is 25.2 Å². The van der Waals surface area contributed by atoms with Crippen LogP contribution in [0.1, 0.15) is 29.6 Å². The highest BCUT2D eigenvalue weighted by molar-refractivity contribution is 9.11. The molecule has 1 aliphatic rings. The van der Waals surface area contributed by atoms with E-state index in [1.807, 2.05) is 12.1 Å². The van der Waals surface area contributed by atoms with E-state index in [0.717, 1.165) is 28.4 Å². The van der Waals surface area contributed by atoms with Crippen LogP contribution in [0.2, 0.25) is 0 Å². The molecule has 1 unspecified atom stereocenters. The second-order valence-corrected chi connectivity index (χ2v) is 6.09. The van der Waals surface area contributed by atoms with Gasteiger partial charge in [0, 0.05) is 22.1 Å². The monoisotopic (exact) mass is 375 g/mol. The van der Waals surface area contributed by atoms with Crippen molar-refractivity contribution in [3.05, 3.63) is 32.7 Å². The van der Waals surface area contributed by atoms with Crippen LogP contribution in [0.4, 0.5) is 0 Å². The molecule has 0 spiro atoms. The molecule has 1 amide bonds. The summed E-state index contributed by atoms with van der Waals surface area (Å²) in [5.74, 6) is -0.0662. The van der Waals surface area contributed by atoms with Gasteiger partial charge >= 0.3 is 0 Å². The lowest BCUT2D eigenvalue weighted by atomic mass is 10.1. The average molecular weight is 377 g/mol. The van der Waals surface area contributed by atoms with Gasteiger partial charge < -0.3 is 10.1 Å². The Morgan fingerprint density at radius 1 is 1.39 bits per heavy atom. The summed E-state index contributed by atoms with van der Waals surface area (Å²) in [6, 6.07) is 5.52. The third-order valence-corrected chi connectivity index (χ3v) is 4.09. The minimum atomic E-state index is -0.0662. The molecular formula is C13H15Br2NO2. The normalized spacial score (nSPS) is 19.6. The van der Waals surface area contributed by atoms with Crippen LogP contribution in [0, 0.1) is 0 Å². The first-order valence-corrected chi connectivity index (χ1v) is 7.60. The molecular weight excluding hydrogens is 362 g/mol. The lowest BCUT2D eigenvalue weighted by Crippen LogP contribution is -2.35.